The molecule has 7 heteroatoms. The van der Waals surface area contributed by atoms with Gasteiger partial charge in [-0.3, -0.25) is 4.40 Å². The Balaban J connectivity index is 1.48. The molecule has 0 spiro atoms. The van der Waals surface area contributed by atoms with Crippen molar-refractivity contribution in [3.63, 3.8) is 0 Å². The zero-order valence-corrected chi connectivity index (χ0v) is 15.5. The second kappa shape index (κ2) is 6.26. The number of hydrogen-bond donors (Lipinski definition) is 0. The molecule has 0 fully saturated rings. The molecule has 0 atom stereocenters. The summed E-state index contributed by atoms with van der Waals surface area (Å²) in [5.41, 5.74) is 4.08. The first-order valence-electron chi connectivity index (χ1n) is 8.14. The van der Waals surface area contributed by atoms with Crippen LogP contribution in [0.4, 0.5) is 0 Å². The van der Waals surface area contributed by atoms with E-state index in [1.807, 2.05) is 23.6 Å². The normalized spacial score (nSPS) is 11.6. The number of rotatable bonds is 4. The van der Waals surface area contributed by atoms with E-state index >= 15 is 0 Å². The van der Waals surface area contributed by atoms with Gasteiger partial charge < -0.3 is 4.42 Å². The van der Waals surface area contributed by atoms with Crippen LogP contribution in [-0.2, 0) is 5.75 Å². The lowest BCUT2D eigenvalue weighted by atomic mass is 10.1. The summed E-state index contributed by atoms with van der Waals surface area (Å²) in [6, 6.07) is 14.4. The molecule has 0 radical (unpaired) electrons. The molecule has 0 aliphatic carbocycles. The Labute approximate surface area is 157 Å². The predicted octanol–water partition coefficient (Wildman–Crippen LogP) is 5.20. The average Bonchev–Trinajstić information content (AvgIpc) is 3.40. The fourth-order valence-corrected chi connectivity index (χ4v) is 4.48. The fourth-order valence-electron chi connectivity index (χ4n) is 2.99. The lowest BCUT2D eigenvalue weighted by molar-refractivity contribution is 0.575. The number of thioether (sulfide) groups is 1. The molecule has 0 N–H and O–H groups in total. The van der Waals surface area contributed by atoms with Gasteiger partial charge in [-0.15, -0.1) is 21.5 Å². The third-order valence-corrected chi connectivity index (χ3v) is 6.03. The topological polar surface area (TPSA) is 56.2 Å². The van der Waals surface area contributed by atoms with Crippen molar-refractivity contribution in [1.82, 2.24) is 19.6 Å². The molecule has 5 aromatic rings. The number of pyridine rings is 1. The average molecular weight is 378 g/mol. The summed E-state index contributed by atoms with van der Waals surface area (Å²) < 4.78 is 7.70. The van der Waals surface area contributed by atoms with Crippen LogP contribution in [0, 0.1) is 6.92 Å². The predicted molar refractivity (Wildman–Crippen MR) is 105 cm³/mol. The molecule has 0 saturated heterocycles. The largest absolute Gasteiger partial charge is 0.444 e. The van der Waals surface area contributed by atoms with Crippen LogP contribution < -0.4 is 0 Å². The molecule has 5 nitrogen and oxygen atoms in total. The van der Waals surface area contributed by atoms with Gasteiger partial charge in [0.05, 0.1) is 16.1 Å². The van der Waals surface area contributed by atoms with Gasteiger partial charge in [0.1, 0.15) is 6.26 Å². The first-order chi connectivity index (χ1) is 12.8. The third kappa shape index (κ3) is 2.60. The molecule has 0 bridgehead atoms. The Bertz CT molecular complexity index is 1210. The van der Waals surface area contributed by atoms with E-state index in [-0.39, 0.29) is 0 Å². The molecule has 4 aromatic heterocycles. The highest BCUT2D eigenvalue weighted by Crippen LogP contribution is 2.29. The van der Waals surface area contributed by atoms with E-state index in [0.29, 0.717) is 11.6 Å². The third-order valence-electron chi connectivity index (χ3n) is 4.21. The number of nitrogens with zero attached hydrogens (tertiary/aromatic N) is 4. The van der Waals surface area contributed by atoms with Crippen molar-refractivity contribution in [2.45, 2.75) is 17.8 Å². The molecule has 0 unspecified atom stereocenters. The van der Waals surface area contributed by atoms with E-state index in [4.69, 9.17) is 4.42 Å². The Kier molecular flexibility index (Phi) is 3.76. The first-order valence-corrected chi connectivity index (χ1v) is 10.0. The van der Waals surface area contributed by atoms with Gasteiger partial charge in [-0.05, 0) is 36.1 Å². The number of thiophene rings is 1. The highest BCUT2D eigenvalue weighted by molar-refractivity contribution is 7.98. The molecule has 1 aromatic carbocycles. The minimum atomic E-state index is 0.669. The van der Waals surface area contributed by atoms with Gasteiger partial charge >= 0.3 is 0 Å². The van der Waals surface area contributed by atoms with E-state index < -0.39 is 0 Å². The Morgan fingerprint density at radius 2 is 2.08 bits per heavy atom. The van der Waals surface area contributed by atoms with Crippen LogP contribution in [-0.4, -0.2) is 19.6 Å². The molecule has 128 valence electrons. The van der Waals surface area contributed by atoms with Crippen LogP contribution in [0.1, 0.15) is 11.3 Å². The zero-order chi connectivity index (χ0) is 17.5. The highest BCUT2D eigenvalue weighted by atomic mass is 32.2. The minimum Gasteiger partial charge on any atom is -0.444 e. The highest BCUT2D eigenvalue weighted by Gasteiger charge is 2.13. The molecule has 4 heterocycles. The summed E-state index contributed by atoms with van der Waals surface area (Å²) in [7, 11) is 0. The van der Waals surface area contributed by atoms with E-state index in [1.54, 1.807) is 29.4 Å². The van der Waals surface area contributed by atoms with Crippen molar-refractivity contribution < 1.29 is 4.42 Å². The lowest BCUT2D eigenvalue weighted by Crippen LogP contribution is -1.93. The molecule has 5 rings (SSSR count). The Morgan fingerprint density at radius 1 is 1.15 bits per heavy atom. The monoisotopic (exact) mass is 378 g/mol. The summed E-state index contributed by atoms with van der Waals surface area (Å²) in [5, 5.41) is 12.8. The number of para-hydroxylation sites is 1. The maximum absolute atomic E-state index is 5.60. The molecule has 0 amide bonds. The second-order valence-corrected chi connectivity index (χ2v) is 7.82. The van der Waals surface area contributed by atoms with Crippen LogP contribution in [0.2, 0.25) is 0 Å². The molecule has 0 aliphatic heterocycles. The number of fused-ring (bicyclic) bond motifs is 3. The van der Waals surface area contributed by atoms with Crippen molar-refractivity contribution in [3.8, 4) is 10.8 Å². The maximum atomic E-state index is 5.60. The van der Waals surface area contributed by atoms with Crippen LogP contribution in [0.3, 0.4) is 0 Å². The minimum absolute atomic E-state index is 0.669. The number of benzene rings is 1. The molecule has 26 heavy (non-hydrogen) atoms. The summed E-state index contributed by atoms with van der Waals surface area (Å²) in [4.78, 5) is 5.61. The summed E-state index contributed by atoms with van der Waals surface area (Å²) in [5.74, 6) is 1.35. The van der Waals surface area contributed by atoms with Gasteiger partial charge in [0.15, 0.2) is 10.8 Å². The summed E-state index contributed by atoms with van der Waals surface area (Å²) >= 11 is 3.23. The fraction of sp³-hybridized carbons (Fsp3) is 0.105. The van der Waals surface area contributed by atoms with Gasteiger partial charge in [-0.25, -0.2) is 4.98 Å². The van der Waals surface area contributed by atoms with Crippen LogP contribution >= 0.6 is 23.1 Å². The Morgan fingerprint density at radius 3 is 2.96 bits per heavy atom. The van der Waals surface area contributed by atoms with Gasteiger partial charge in [-0.2, -0.15) is 0 Å². The van der Waals surface area contributed by atoms with Crippen molar-refractivity contribution in [2.75, 3.05) is 0 Å². The van der Waals surface area contributed by atoms with E-state index in [1.165, 1.54) is 10.9 Å². The van der Waals surface area contributed by atoms with E-state index in [2.05, 4.69) is 50.8 Å². The van der Waals surface area contributed by atoms with Gasteiger partial charge in [0, 0.05) is 11.1 Å². The van der Waals surface area contributed by atoms with E-state index in [9.17, 15) is 0 Å². The zero-order valence-electron chi connectivity index (χ0n) is 13.9. The van der Waals surface area contributed by atoms with Gasteiger partial charge in [-0.1, -0.05) is 36.0 Å². The quantitative estimate of drug-likeness (QED) is 0.402. The lowest BCUT2D eigenvalue weighted by Gasteiger charge is -2.06. The SMILES string of the molecule is Cc1cc2nnc(SCc3coc(-c4cccs4)n3)n2c2ccccc12. The summed E-state index contributed by atoms with van der Waals surface area (Å²) in [6.07, 6.45) is 1.72. The smallest absolute Gasteiger partial charge is 0.236 e. The Hall–Kier alpha value is -2.64. The van der Waals surface area contributed by atoms with Gasteiger partial charge in [0.2, 0.25) is 5.89 Å². The van der Waals surface area contributed by atoms with E-state index in [0.717, 1.165) is 26.9 Å². The second-order valence-electron chi connectivity index (χ2n) is 5.93. The van der Waals surface area contributed by atoms with Crippen molar-refractivity contribution in [3.05, 3.63) is 65.4 Å². The number of hydrogen-bond acceptors (Lipinski definition) is 6. The van der Waals surface area contributed by atoms with Crippen molar-refractivity contribution >= 4 is 39.6 Å². The number of oxazole rings is 1. The number of aromatic nitrogens is 4. The van der Waals surface area contributed by atoms with Crippen LogP contribution in [0.5, 0.6) is 0 Å². The molecule has 0 aliphatic rings. The van der Waals surface area contributed by atoms with Crippen LogP contribution in [0.15, 0.2) is 63.7 Å². The number of aryl methyl sites for hydroxylation is 1. The maximum Gasteiger partial charge on any atom is 0.236 e. The molecular formula is C19H14N4OS2. The van der Waals surface area contributed by atoms with Gasteiger partial charge in [0.25, 0.3) is 0 Å². The molecular weight excluding hydrogens is 364 g/mol. The summed E-state index contributed by atoms with van der Waals surface area (Å²) in [6.45, 7) is 2.10. The molecule has 0 saturated carbocycles. The van der Waals surface area contributed by atoms with Crippen LogP contribution in [0.25, 0.3) is 27.3 Å². The standard InChI is InChI=1S/C19H14N4OS2/c1-12-9-17-21-22-19(23(17)15-6-3-2-5-14(12)15)26-11-13-10-24-18(20-13)16-7-4-8-25-16/h2-10H,11H2,1H3. The first kappa shape index (κ1) is 15.6. The van der Waals surface area contributed by atoms with Crippen molar-refractivity contribution in [2.24, 2.45) is 0 Å². The van der Waals surface area contributed by atoms with Crippen molar-refractivity contribution in [1.29, 1.82) is 0 Å².